The number of nitriles is 1. The normalized spacial score (nSPS) is 16.8. The number of aliphatic hydroxyl groups is 2. The van der Waals surface area contributed by atoms with Crippen molar-refractivity contribution in [1.82, 2.24) is 10.2 Å². The van der Waals surface area contributed by atoms with Gasteiger partial charge in [0.1, 0.15) is 0 Å². The number of amides is 2. The fraction of sp³-hybridized carbons (Fsp3) is 0.296. The minimum atomic E-state index is -1.90. The number of nitrogens with one attached hydrogen (secondary N) is 1. The van der Waals surface area contributed by atoms with E-state index in [1.165, 1.54) is 16.2 Å². The van der Waals surface area contributed by atoms with Gasteiger partial charge in [0.15, 0.2) is 12.2 Å². The lowest BCUT2D eigenvalue weighted by molar-refractivity contribution is -0.153. The maximum absolute atomic E-state index is 13.0. The molecule has 1 fully saturated rings. The molecule has 0 spiro atoms. The molecule has 1 unspecified atom stereocenters. The van der Waals surface area contributed by atoms with E-state index in [2.05, 4.69) is 11.4 Å². The van der Waals surface area contributed by atoms with Gasteiger partial charge < -0.3 is 20.4 Å². The van der Waals surface area contributed by atoms with Gasteiger partial charge in [-0.2, -0.15) is 5.26 Å². The van der Waals surface area contributed by atoms with Gasteiger partial charge in [0.25, 0.3) is 11.8 Å². The highest BCUT2D eigenvalue weighted by atomic mass is 35.5. The molecule has 7 nitrogen and oxygen atoms in total. The molecule has 36 heavy (non-hydrogen) atoms. The van der Waals surface area contributed by atoms with Crippen LogP contribution in [-0.4, -0.2) is 45.7 Å². The Morgan fingerprint density at radius 1 is 1.11 bits per heavy atom. The van der Waals surface area contributed by atoms with Gasteiger partial charge in [0.05, 0.1) is 24.2 Å². The predicted octanol–water partition coefficient (Wildman–Crippen LogP) is 3.57. The molecule has 3 atom stereocenters. The summed E-state index contributed by atoms with van der Waals surface area (Å²) < 4.78 is 0. The molecular formula is C27H26ClN3O4S. The Labute approximate surface area is 218 Å². The lowest BCUT2D eigenvalue weighted by Crippen LogP contribution is -2.50. The maximum Gasteiger partial charge on any atom is 0.255 e. The van der Waals surface area contributed by atoms with Crippen molar-refractivity contribution in [3.63, 3.8) is 0 Å². The molecular weight excluding hydrogens is 498 g/mol. The van der Waals surface area contributed by atoms with Crippen molar-refractivity contribution in [2.45, 2.75) is 44.1 Å². The minimum absolute atomic E-state index is 0.164. The molecule has 1 aromatic heterocycles. The summed E-state index contributed by atoms with van der Waals surface area (Å²) in [6.07, 6.45) is -1.72. The first-order valence-corrected chi connectivity index (χ1v) is 12.8. The summed E-state index contributed by atoms with van der Waals surface area (Å²) in [4.78, 5) is 28.9. The molecule has 1 aliphatic heterocycles. The van der Waals surface area contributed by atoms with E-state index in [0.29, 0.717) is 30.0 Å². The van der Waals surface area contributed by atoms with Crippen LogP contribution >= 0.6 is 22.9 Å². The Balaban J connectivity index is 1.33. The first kappa shape index (κ1) is 25.9. The van der Waals surface area contributed by atoms with Crippen molar-refractivity contribution < 1.29 is 19.8 Å². The topological polar surface area (TPSA) is 114 Å². The molecule has 0 saturated carbocycles. The van der Waals surface area contributed by atoms with Crippen molar-refractivity contribution in [3.8, 4) is 6.07 Å². The van der Waals surface area contributed by atoms with Crippen molar-refractivity contribution in [3.05, 3.63) is 92.1 Å². The Hall–Kier alpha value is -3.22. The highest BCUT2D eigenvalue weighted by Gasteiger charge is 2.38. The minimum Gasteiger partial charge on any atom is -0.380 e. The van der Waals surface area contributed by atoms with Gasteiger partial charge in [-0.05, 0) is 54.3 Å². The summed E-state index contributed by atoms with van der Waals surface area (Å²) in [5.41, 5.74) is 2.28. The number of halogens is 1. The molecule has 0 radical (unpaired) electrons. The zero-order chi connectivity index (χ0) is 25.7. The van der Waals surface area contributed by atoms with Crippen molar-refractivity contribution in [1.29, 1.82) is 5.26 Å². The Morgan fingerprint density at radius 3 is 2.67 bits per heavy atom. The van der Waals surface area contributed by atoms with E-state index in [1.54, 1.807) is 18.2 Å². The molecule has 0 bridgehead atoms. The van der Waals surface area contributed by atoms with Gasteiger partial charge in [-0.3, -0.25) is 9.59 Å². The third kappa shape index (κ3) is 5.94. The van der Waals surface area contributed by atoms with Gasteiger partial charge in [0.2, 0.25) is 0 Å². The number of hydrogen-bond donors (Lipinski definition) is 3. The average molecular weight is 524 g/mol. The van der Waals surface area contributed by atoms with Crippen LogP contribution in [0, 0.1) is 11.3 Å². The SMILES string of the molecule is N#Cc1cccc(C2CCCN2C(=O)[C@H](O)[C@@H](O)C(=O)NCc2ccc(Cc3ccccc3Cl)s2)c1. The zero-order valence-corrected chi connectivity index (χ0v) is 21.0. The summed E-state index contributed by atoms with van der Waals surface area (Å²) in [5.74, 6) is -1.53. The predicted molar refractivity (Wildman–Crippen MR) is 137 cm³/mol. The van der Waals surface area contributed by atoms with E-state index >= 15 is 0 Å². The Bertz CT molecular complexity index is 1290. The number of thiophene rings is 1. The van der Waals surface area contributed by atoms with Crippen molar-refractivity contribution in [2.75, 3.05) is 6.54 Å². The molecule has 1 aliphatic rings. The van der Waals surface area contributed by atoms with Crippen LogP contribution in [-0.2, 0) is 22.6 Å². The number of carbonyl (C=O) groups is 2. The van der Waals surface area contributed by atoms with E-state index in [4.69, 9.17) is 16.9 Å². The van der Waals surface area contributed by atoms with E-state index in [1.807, 2.05) is 42.5 Å². The standard InChI is InChI=1S/C27H26ClN3O4S/c28-22-8-2-1-6-18(22)14-20-10-11-21(36-20)16-30-26(34)24(32)25(33)27(35)31-12-4-9-23(31)19-7-3-5-17(13-19)15-29/h1-3,5-8,10-11,13,23-25,32-33H,4,9,12,14,16H2,(H,30,34)/t23?,24-,25-/m1/s1. The third-order valence-corrected chi connectivity index (χ3v) is 7.69. The van der Waals surface area contributed by atoms with E-state index < -0.39 is 24.0 Å². The Kier molecular flexibility index (Phi) is 8.39. The summed E-state index contributed by atoms with van der Waals surface area (Å²) in [7, 11) is 0. The van der Waals surface area contributed by atoms with E-state index in [0.717, 1.165) is 27.3 Å². The van der Waals surface area contributed by atoms with Gasteiger partial charge in [0, 0.05) is 27.7 Å². The van der Waals surface area contributed by atoms with Crippen LogP contribution in [0.4, 0.5) is 0 Å². The molecule has 2 amide bonds. The van der Waals surface area contributed by atoms with Crippen molar-refractivity contribution >= 4 is 34.8 Å². The van der Waals surface area contributed by atoms with Gasteiger partial charge in [-0.1, -0.05) is 41.9 Å². The first-order valence-electron chi connectivity index (χ1n) is 11.6. The highest BCUT2D eigenvalue weighted by Crippen LogP contribution is 2.33. The summed E-state index contributed by atoms with van der Waals surface area (Å²) >= 11 is 7.74. The first-order chi connectivity index (χ1) is 17.4. The second-order valence-electron chi connectivity index (χ2n) is 8.67. The van der Waals surface area contributed by atoms with Crippen LogP contribution in [0.3, 0.4) is 0 Å². The number of nitrogens with zero attached hydrogens (tertiary/aromatic N) is 2. The molecule has 2 aromatic carbocycles. The van der Waals surface area contributed by atoms with Crippen LogP contribution in [0.25, 0.3) is 0 Å². The molecule has 1 saturated heterocycles. The van der Waals surface area contributed by atoms with E-state index in [-0.39, 0.29) is 12.6 Å². The number of carbonyl (C=O) groups excluding carboxylic acids is 2. The van der Waals surface area contributed by atoms with Gasteiger partial charge >= 0.3 is 0 Å². The fourth-order valence-electron chi connectivity index (χ4n) is 4.36. The molecule has 2 heterocycles. The van der Waals surface area contributed by atoms with Crippen molar-refractivity contribution in [2.24, 2.45) is 0 Å². The second-order valence-corrected chi connectivity index (χ2v) is 10.3. The average Bonchev–Trinajstić information content (AvgIpc) is 3.57. The number of rotatable bonds is 8. The van der Waals surface area contributed by atoms with Gasteiger partial charge in [-0.15, -0.1) is 11.3 Å². The number of likely N-dealkylation sites (tertiary alicyclic amines) is 1. The maximum atomic E-state index is 13.0. The quantitative estimate of drug-likeness (QED) is 0.418. The molecule has 186 valence electrons. The van der Waals surface area contributed by atoms with Crippen LogP contribution in [0.2, 0.25) is 5.02 Å². The lowest BCUT2D eigenvalue weighted by atomic mass is 10.0. The van der Waals surface area contributed by atoms with Crippen LogP contribution in [0.15, 0.2) is 60.7 Å². The molecule has 9 heteroatoms. The largest absolute Gasteiger partial charge is 0.380 e. The van der Waals surface area contributed by atoms with Crippen LogP contribution in [0.5, 0.6) is 0 Å². The number of aliphatic hydroxyl groups excluding tert-OH is 2. The van der Waals surface area contributed by atoms with Gasteiger partial charge in [-0.25, -0.2) is 0 Å². The smallest absolute Gasteiger partial charge is 0.255 e. The van der Waals surface area contributed by atoms with E-state index in [9.17, 15) is 19.8 Å². The Morgan fingerprint density at radius 2 is 1.89 bits per heavy atom. The lowest BCUT2D eigenvalue weighted by Gasteiger charge is -2.28. The molecule has 3 aromatic rings. The fourth-order valence-corrected chi connectivity index (χ4v) is 5.54. The summed E-state index contributed by atoms with van der Waals surface area (Å²) in [6, 6.07) is 20.2. The number of hydrogen-bond acceptors (Lipinski definition) is 6. The second kappa shape index (κ2) is 11.7. The zero-order valence-electron chi connectivity index (χ0n) is 19.4. The number of benzene rings is 2. The molecule has 0 aliphatic carbocycles. The molecule has 4 rings (SSSR count). The highest BCUT2D eigenvalue weighted by molar-refractivity contribution is 7.12. The summed E-state index contributed by atoms with van der Waals surface area (Å²) in [5, 5.41) is 33.4. The summed E-state index contributed by atoms with van der Waals surface area (Å²) in [6.45, 7) is 0.562. The third-order valence-electron chi connectivity index (χ3n) is 6.23. The monoisotopic (exact) mass is 523 g/mol. The van der Waals surface area contributed by atoms with Crippen LogP contribution in [0.1, 0.15) is 45.3 Å². The van der Waals surface area contributed by atoms with Crippen LogP contribution < -0.4 is 5.32 Å². The molecule has 3 N–H and O–H groups in total.